The van der Waals surface area contributed by atoms with Crippen molar-refractivity contribution in [1.82, 2.24) is 0 Å². The van der Waals surface area contributed by atoms with E-state index in [1.807, 2.05) is 0 Å². The number of rotatable bonds is 3. The maximum atomic E-state index is 12.0. The van der Waals surface area contributed by atoms with E-state index in [0.717, 1.165) is 12.1 Å². The highest BCUT2D eigenvalue weighted by Crippen LogP contribution is 2.35. The van der Waals surface area contributed by atoms with E-state index < -0.39 is 6.36 Å². The van der Waals surface area contributed by atoms with Crippen LogP contribution in [-0.4, -0.2) is 6.36 Å². The number of alkyl halides is 3. The Morgan fingerprint density at radius 2 is 1.45 bits per heavy atom. The normalized spacial score (nSPS) is 11.2. The van der Waals surface area contributed by atoms with Gasteiger partial charge in [0, 0.05) is 0 Å². The molecule has 0 fully saturated rings. The summed E-state index contributed by atoms with van der Waals surface area (Å²) in [6, 6.07) is 9.77. The lowest BCUT2D eigenvalue weighted by Crippen LogP contribution is -2.16. The highest BCUT2D eigenvalue weighted by molar-refractivity contribution is 6.42. The van der Waals surface area contributed by atoms with E-state index in [2.05, 4.69) is 4.74 Å². The average molecular weight is 323 g/mol. The van der Waals surface area contributed by atoms with Gasteiger partial charge in [-0.05, 0) is 36.4 Å². The number of hydrogen-bond acceptors (Lipinski definition) is 2. The summed E-state index contributed by atoms with van der Waals surface area (Å²) in [5, 5.41) is 0.547. The van der Waals surface area contributed by atoms with E-state index in [1.54, 1.807) is 18.2 Å². The molecule has 0 radical (unpaired) electrons. The topological polar surface area (TPSA) is 18.5 Å². The van der Waals surface area contributed by atoms with Crippen LogP contribution >= 0.6 is 23.2 Å². The highest BCUT2D eigenvalue weighted by Gasteiger charge is 2.30. The molecule has 0 aromatic heterocycles. The van der Waals surface area contributed by atoms with Crippen molar-refractivity contribution in [2.45, 2.75) is 6.36 Å². The van der Waals surface area contributed by atoms with Gasteiger partial charge in [-0.1, -0.05) is 29.3 Å². The van der Waals surface area contributed by atoms with Crippen molar-refractivity contribution >= 4 is 23.2 Å². The third kappa shape index (κ3) is 3.95. The summed E-state index contributed by atoms with van der Waals surface area (Å²) in [5.74, 6) is 0.286. The highest BCUT2D eigenvalue weighted by atomic mass is 35.5. The number of benzene rings is 2. The summed E-state index contributed by atoms with van der Waals surface area (Å²) in [7, 11) is 0. The Morgan fingerprint density at radius 3 is 2.05 bits per heavy atom. The Morgan fingerprint density at radius 1 is 0.850 bits per heavy atom. The second kappa shape index (κ2) is 5.81. The SMILES string of the molecule is FC(F)(F)Oc1ccc(Oc2cccc(Cl)c2Cl)cc1. The minimum Gasteiger partial charge on any atom is -0.456 e. The lowest BCUT2D eigenvalue weighted by Gasteiger charge is -2.11. The van der Waals surface area contributed by atoms with Crippen molar-refractivity contribution < 1.29 is 22.6 Å². The third-order valence-electron chi connectivity index (χ3n) is 2.20. The van der Waals surface area contributed by atoms with Crippen LogP contribution in [0.4, 0.5) is 13.2 Å². The van der Waals surface area contributed by atoms with Crippen molar-refractivity contribution in [3.05, 3.63) is 52.5 Å². The van der Waals surface area contributed by atoms with Crippen LogP contribution < -0.4 is 9.47 Å². The molecule has 0 aliphatic rings. The van der Waals surface area contributed by atoms with Crippen molar-refractivity contribution in [1.29, 1.82) is 0 Å². The Labute approximate surface area is 122 Å². The molecule has 0 aliphatic heterocycles. The van der Waals surface area contributed by atoms with E-state index >= 15 is 0 Å². The predicted molar refractivity (Wildman–Crippen MR) is 69.7 cm³/mol. The summed E-state index contributed by atoms with van der Waals surface area (Å²) in [6.45, 7) is 0. The molecule has 0 atom stereocenters. The molecular formula is C13H7Cl2F3O2. The van der Waals surface area contributed by atoms with Gasteiger partial charge in [0.25, 0.3) is 0 Å². The third-order valence-corrected chi connectivity index (χ3v) is 3.00. The van der Waals surface area contributed by atoms with E-state index in [0.29, 0.717) is 16.5 Å². The van der Waals surface area contributed by atoms with Gasteiger partial charge in [-0.15, -0.1) is 13.2 Å². The Bertz CT molecular complexity index is 598. The van der Waals surface area contributed by atoms with Crippen LogP contribution in [0, 0.1) is 0 Å². The second-order valence-electron chi connectivity index (χ2n) is 3.67. The summed E-state index contributed by atoms with van der Waals surface area (Å²) < 4.78 is 45.2. The molecule has 0 heterocycles. The van der Waals surface area contributed by atoms with Crippen LogP contribution in [0.5, 0.6) is 17.2 Å². The summed E-state index contributed by atoms with van der Waals surface area (Å²) in [5.41, 5.74) is 0. The van der Waals surface area contributed by atoms with Crippen LogP contribution in [-0.2, 0) is 0 Å². The van der Waals surface area contributed by atoms with E-state index in [1.165, 1.54) is 12.1 Å². The van der Waals surface area contributed by atoms with Crippen LogP contribution in [0.25, 0.3) is 0 Å². The molecule has 20 heavy (non-hydrogen) atoms. The zero-order chi connectivity index (χ0) is 14.8. The molecule has 0 spiro atoms. The standard InChI is InChI=1S/C13H7Cl2F3O2/c14-10-2-1-3-11(12(10)15)19-8-4-6-9(7-5-8)20-13(16,17)18/h1-7H. The van der Waals surface area contributed by atoms with Crippen LogP contribution in [0.2, 0.25) is 10.0 Å². The zero-order valence-corrected chi connectivity index (χ0v) is 11.3. The first kappa shape index (κ1) is 14.8. The molecule has 2 nitrogen and oxygen atoms in total. The molecule has 0 amide bonds. The summed E-state index contributed by atoms with van der Waals surface area (Å²) in [4.78, 5) is 0. The molecule has 0 saturated heterocycles. The van der Waals surface area contributed by atoms with Gasteiger partial charge in [-0.25, -0.2) is 0 Å². The van der Waals surface area contributed by atoms with Gasteiger partial charge in [0.2, 0.25) is 0 Å². The van der Waals surface area contributed by atoms with Gasteiger partial charge in [0.05, 0.1) is 5.02 Å². The smallest absolute Gasteiger partial charge is 0.456 e. The Balaban J connectivity index is 2.13. The van der Waals surface area contributed by atoms with Gasteiger partial charge in [0.15, 0.2) is 0 Å². The van der Waals surface area contributed by atoms with Crippen molar-refractivity contribution in [3.63, 3.8) is 0 Å². The molecule has 0 aliphatic carbocycles. The summed E-state index contributed by atoms with van der Waals surface area (Å²) >= 11 is 11.8. The first-order chi connectivity index (χ1) is 9.35. The maximum Gasteiger partial charge on any atom is 0.573 e. The fraction of sp³-hybridized carbons (Fsp3) is 0.0769. The van der Waals surface area contributed by atoms with Gasteiger partial charge < -0.3 is 9.47 Å². The summed E-state index contributed by atoms with van der Waals surface area (Å²) in [6.07, 6.45) is -4.72. The molecule has 0 unspecified atom stereocenters. The van der Waals surface area contributed by atoms with E-state index in [-0.39, 0.29) is 10.8 Å². The maximum absolute atomic E-state index is 12.0. The quantitative estimate of drug-likeness (QED) is 0.723. The zero-order valence-electron chi connectivity index (χ0n) is 9.75. The molecule has 0 N–H and O–H groups in total. The van der Waals surface area contributed by atoms with Gasteiger partial charge in [-0.2, -0.15) is 0 Å². The average Bonchev–Trinajstić information content (AvgIpc) is 2.35. The molecule has 2 aromatic carbocycles. The van der Waals surface area contributed by atoms with Crippen molar-refractivity contribution in [3.8, 4) is 17.2 Å². The predicted octanol–water partition coefficient (Wildman–Crippen LogP) is 5.68. The fourth-order valence-electron chi connectivity index (χ4n) is 1.40. The van der Waals surface area contributed by atoms with Crippen LogP contribution in [0.3, 0.4) is 0 Å². The van der Waals surface area contributed by atoms with Gasteiger partial charge in [-0.3, -0.25) is 0 Å². The van der Waals surface area contributed by atoms with Crippen molar-refractivity contribution in [2.75, 3.05) is 0 Å². The monoisotopic (exact) mass is 322 g/mol. The van der Waals surface area contributed by atoms with E-state index in [4.69, 9.17) is 27.9 Å². The lowest BCUT2D eigenvalue weighted by atomic mass is 10.3. The Kier molecular flexibility index (Phi) is 4.30. The molecule has 0 bridgehead atoms. The number of hydrogen-bond donors (Lipinski definition) is 0. The molecule has 106 valence electrons. The first-order valence-corrected chi connectivity index (χ1v) is 6.08. The molecule has 0 saturated carbocycles. The Hall–Kier alpha value is -1.59. The van der Waals surface area contributed by atoms with E-state index in [9.17, 15) is 13.2 Å². The van der Waals surface area contributed by atoms with Crippen LogP contribution in [0.1, 0.15) is 0 Å². The minimum absolute atomic E-state index is 0.227. The number of ether oxygens (including phenoxy) is 2. The fourth-order valence-corrected chi connectivity index (χ4v) is 1.73. The van der Waals surface area contributed by atoms with Gasteiger partial charge in [0.1, 0.15) is 22.3 Å². The molecule has 2 aromatic rings. The van der Waals surface area contributed by atoms with Crippen molar-refractivity contribution in [2.24, 2.45) is 0 Å². The minimum atomic E-state index is -4.72. The molecule has 2 rings (SSSR count). The number of halogens is 5. The largest absolute Gasteiger partial charge is 0.573 e. The lowest BCUT2D eigenvalue weighted by molar-refractivity contribution is -0.274. The molecule has 7 heteroatoms. The second-order valence-corrected chi connectivity index (χ2v) is 4.46. The molecular weight excluding hydrogens is 316 g/mol. The van der Waals surface area contributed by atoms with Crippen LogP contribution in [0.15, 0.2) is 42.5 Å². The van der Waals surface area contributed by atoms with Gasteiger partial charge >= 0.3 is 6.36 Å². The first-order valence-electron chi connectivity index (χ1n) is 5.33.